The topological polar surface area (TPSA) is 80.6 Å². The standard InChI is InChI=1S/C19H18N2O4/c1-13(15-4-7-17-18(10-15)25-12-24-17)21-19(22)11-23-16-5-2-14(3-6-16)8-9-20/h2-7,10,13H,8,11-12H2,1H3,(H,21,22). The summed E-state index contributed by atoms with van der Waals surface area (Å²) in [6.07, 6.45) is 0.355. The van der Waals surface area contributed by atoms with Gasteiger partial charge in [0.15, 0.2) is 18.1 Å². The largest absolute Gasteiger partial charge is 0.484 e. The van der Waals surface area contributed by atoms with Crippen LogP contribution in [0.2, 0.25) is 0 Å². The molecule has 0 spiro atoms. The fraction of sp³-hybridized carbons (Fsp3) is 0.263. The summed E-state index contributed by atoms with van der Waals surface area (Å²) in [6, 6.07) is 14.6. The predicted octanol–water partition coefficient (Wildman–Crippen LogP) is 2.74. The molecule has 2 aromatic rings. The van der Waals surface area contributed by atoms with Crippen LogP contribution in [0.3, 0.4) is 0 Å². The molecule has 6 heteroatoms. The molecule has 1 heterocycles. The summed E-state index contributed by atoms with van der Waals surface area (Å²) in [5, 5.41) is 11.5. The number of rotatable bonds is 6. The molecule has 0 aliphatic carbocycles. The van der Waals surface area contributed by atoms with E-state index in [0.717, 1.165) is 11.1 Å². The van der Waals surface area contributed by atoms with Crippen molar-refractivity contribution in [2.75, 3.05) is 13.4 Å². The Morgan fingerprint density at radius 2 is 2.00 bits per heavy atom. The van der Waals surface area contributed by atoms with E-state index in [1.165, 1.54) is 0 Å². The zero-order valence-corrected chi connectivity index (χ0v) is 13.8. The average Bonchev–Trinajstić information content (AvgIpc) is 3.09. The van der Waals surface area contributed by atoms with Gasteiger partial charge in [0.05, 0.1) is 18.5 Å². The highest BCUT2D eigenvalue weighted by Crippen LogP contribution is 2.34. The second-order valence-electron chi connectivity index (χ2n) is 5.67. The van der Waals surface area contributed by atoms with Gasteiger partial charge in [0.25, 0.3) is 5.91 Å². The number of fused-ring (bicyclic) bond motifs is 1. The number of nitrogens with one attached hydrogen (secondary N) is 1. The number of amides is 1. The van der Waals surface area contributed by atoms with Crippen LogP contribution in [0.15, 0.2) is 42.5 Å². The number of nitriles is 1. The molecule has 2 aromatic carbocycles. The molecule has 6 nitrogen and oxygen atoms in total. The van der Waals surface area contributed by atoms with Crippen molar-refractivity contribution in [1.29, 1.82) is 5.26 Å². The van der Waals surface area contributed by atoms with Crippen LogP contribution in [-0.2, 0) is 11.2 Å². The van der Waals surface area contributed by atoms with Crippen molar-refractivity contribution in [3.8, 4) is 23.3 Å². The Hall–Kier alpha value is -3.20. The third kappa shape index (κ3) is 4.21. The summed E-state index contributed by atoms with van der Waals surface area (Å²) >= 11 is 0. The van der Waals surface area contributed by atoms with Gasteiger partial charge in [0, 0.05) is 0 Å². The molecular weight excluding hydrogens is 320 g/mol. The van der Waals surface area contributed by atoms with Gasteiger partial charge in [0.2, 0.25) is 6.79 Å². The summed E-state index contributed by atoms with van der Waals surface area (Å²) < 4.78 is 16.1. The third-order valence-corrected chi connectivity index (χ3v) is 3.85. The number of nitrogens with zero attached hydrogens (tertiary/aromatic N) is 1. The van der Waals surface area contributed by atoms with E-state index in [9.17, 15) is 4.79 Å². The molecule has 0 aromatic heterocycles. The van der Waals surface area contributed by atoms with Crippen LogP contribution in [0, 0.1) is 11.3 Å². The first-order valence-electron chi connectivity index (χ1n) is 7.93. The summed E-state index contributed by atoms with van der Waals surface area (Å²) in [7, 11) is 0. The van der Waals surface area contributed by atoms with E-state index < -0.39 is 0 Å². The molecule has 128 valence electrons. The van der Waals surface area contributed by atoms with Gasteiger partial charge in [-0.05, 0) is 42.3 Å². The molecule has 1 N–H and O–H groups in total. The Morgan fingerprint density at radius 3 is 2.76 bits per heavy atom. The lowest BCUT2D eigenvalue weighted by Crippen LogP contribution is -2.31. The lowest BCUT2D eigenvalue weighted by atomic mass is 10.1. The third-order valence-electron chi connectivity index (χ3n) is 3.85. The van der Waals surface area contributed by atoms with Gasteiger partial charge in [-0.25, -0.2) is 0 Å². The molecule has 0 fully saturated rings. The van der Waals surface area contributed by atoms with Crippen molar-refractivity contribution in [2.24, 2.45) is 0 Å². The summed E-state index contributed by atoms with van der Waals surface area (Å²) in [5.74, 6) is 1.77. The quantitative estimate of drug-likeness (QED) is 0.876. The average molecular weight is 338 g/mol. The molecule has 1 aliphatic rings. The van der Waals surface area contributed by atoms with Crippen LogP contribution >= 0.6 is 0 Å². The number of hydrogen-bond acceptors (Lipinski definition) is 5. The summed E-state index contributed by atoms with van der Waals surface area (Å²) in [6.45, 7) is 2.04. The van der Waals surface area contributed by atoms with Gasteiger partial charge >= 0.3 is 0 Å². The normalized spacial score (nSPS) is 13.0. The fourth-order valence-electron chi connectivity index (χ4n) is 2.49. The van der Waals surface area contributed by atoms with Crippen LogP contribution in [0.4, 0.5) is 0 Å². The van der Waals surface area contributed by atoms with Gasteiger partial charge in [-0.15, -0.1) is 0 Å². The first-order chi connectivity index (χ1) is 12.2. The van der Waals surface area contributed by atoms with Gasteiger partial charge < -0.3 is 19.5 Å². The van der Waals surface area contributed by atoms with Crippen molar-refractivity contribution in [3.05, 3.63) is 53.6 Å². The highest BCUT2D eigenvalue weighted by molar-refractivity contribution is 5.78. The fourth-order valence-corrected chi connectivity index (χ4v) is 2.49. The molecule has 1 atom stereocenters. The van der Waals surface area contributed by atoms with E-state index in [1.54, 1.807) is 12.1 Å². The smallest absolute Gasteiger partial charge is 0.258 e. The Kier molecular flexibility index (Phi) is 5.05. The SMILES string of the molecule is CC(NC(=O)COc1ccc(CC#N)cc1)c1ccc2c(c1)OCO2. The lowest BCUT2D eigenvalue weighted by molar-refractivity contribution is -0.123. The van der Waals surface area contributed by atoms with Gasteiger partial charge in [0.1, 0.15) is 5.75 Å². The first kappa shape index (κ1) is 16.7. The molecular formula is C19H18N2O4. The monoisotopic (exact) mass is 338 g/mol. The molecule has 25 heavy (non-hydrogen) atoms. The number of carbonyl (C=O) groups is 1. The van der Waals surface area contributed by atoms with E-state index >= 15 is 0 Å². The summed E-state index contributed by atoms with van der Waals surface area (Å²) in [4.78, 5) is 12.1. The number of benzene rings is 2. The highest BCUT2D eigenvalue weighted by Gasteiger charge is 2.17. The van der Waals surface area contributed by atoms with E-state index in [-0.39, 0.29) is 25.3 Å². The number of carbonyl (C=O) groups excluding carboxylic acids is 1. The van der Waals surface area contributed by atoms with Gasteiger partial charge in [-0.1, -0.05) is 18.2 Å². The van der Waals surface area contributed by atoms with Crippen LogP contribution in [-0.4, -0.2) is 19.3 Å². The minimum atomic E-state index is -0.216. The van der Waals surface area contributed by atoms with E-state index in [1.807, 2.05) is 37.3 Å². The van der Waals surface area contributed by atoms with Gasteiger partial charge in [-0.3, -0.25) is 4.79 Å². The van der Waals surface area contributed by atoms with Crippen molar-refractivity contribution >= 4 is 5.91 Å². The van der Waals surface area contributed by atoms with E-state index in [0.29, 0.717) is 23.7 Å². The maximum Gasteiger partial charge on any atom is 0.258 e. The maximum absolute atomic E-state index is 12.1. The molecule has 1 aliphatic heterocycles. The van der Waals surface area contributed by atoms with Crippen LogP contribution in [0.5, 0.6) is 17.2 Å². The molecule has 0 radical (unpaired) electrons. The maximum atomic E-state index is 12.1. The van der Waals surface area contributed by atoms with Crippen LogP contribution < -0.4 is 19.5 Å². The Morgan fingerprint density at radius 1 is 1.24 bits per heavy atom. The van der Waals surface area contributed by atoms with Crippen LogP contribution in [0.1, 0.15) is 24.1 Å². The van der Waals surface area contributed by atoms with Crippen molar-refractivity contribution in [2.45, 2.75) is 19.4 Å². The number of ether oxygens (including phenoxy) is 3. The van der Waals surface area contributed by atoms with Crippen molar-refractivity contribution in [1.82, 2.24) is 5.32 Å². The van der Waals surface area contributed by atoms with Crippen LogP contribution in [0.25, 0.3) is 0 Å². The Balaban J connectivity index is 1.51. The van der Waals surface area contributed by atoms with Gasteiger partial charge in [-0.2, -0.15) is 5.26 Å². The second kappa shape index (κ2) is 7.58. The zero-order valence-electron chi connectivity index (χ0n) is 13.8. The zero-order chi connectivity index (χ0) is 17.6. The lowest BCUT2D eigenvalue weighted by Gasteiger charge is -2.15. The molecule has 1 amide bonds. The molecule has 1 unspecified atom stereocenters. The van der Waals surface area contributed by atoms with Crippen molar-refractivity contribution in [3.63, 3.8) is 0 Å². The minimum absolute atomic E-state index is 0.0769. The summed E-state index contributed by atoms with van der Waals surface area (Å²) in [5.41, 5.74) is 1.84. The highest BCUT2D eigenvalue weighted by atomic mass is 16.7. The Labute approximate surface area is 145 Å². The first-order valence-corrected chi connectivity index (χ1v) is 7.93. The predicted molar refractivity (Wildman–Crippen MR) is 90.4 cm³/mol. The van der Waals surface area contributed by atoms with E-state index in [2.05, 4.69) is 11.4 Å². The number of hydrogen-bond donors (Lipinski definition) is 1. The molecule has 0 saturated heterocycles. The minimum Gasteiger partial charge on any atom is -0.484 e. The van der Waals surface area contributed by atoms with Crippen molar-refractivity contribution < 1.29 is 19.0 Å². The molecule has 0 saturated carbocycles. The molecule has 3 rings (SSSR count). The second-order valence-corrected chi connectivity index (χ2v) is 5.67. The molecule has 0 bridgehead atoms. The van der Waals surface area contributed by atoms with E-state index in [4.69, 9.17) is 19.5 Å². The Bertz CT molecular complexity index is 796.